The summed E-state index contributed by atoms with van der Waals surface area (Å²) in [4.78, 5) is 5.20. The molecule has 0 atom stereocenters. The van der Waals surface area contributed by atoms with Crippen LogP contribution in [0.5, 0.6) is 0 Å². The lowest BCUT2D eigenvalue weighted by atomic mass is 10.1. The van der Waals surface area contributed by atoms with E-state index in [0.717, 1.165) is 19.6 Å². The maximum absolute atomic E-state index is 3.19. The number of hydrogen-bond acceptors (Lipinski definition) is 3. The van der Waals surface area contributed by atoms with Crippen molar-refractivity contribution >= 4 is 11.3 Å². The van der Waals surface area contributed by atoms with E-state index in [0.29, 0.717) is 0 Å². The topological polar surface area (TPSA) is 15.3 Å². The van der Waals surface area contributed by atoms with Gasteiger partial charge in [0.15, 0.2) is 0 Å². The largest absolute Gasteiger partial charge is 0.315 e. The first-order valence-electron chi connectivity index (χ1n) is 6.63. The summed E-state index contributed by atoms with van der Waals surface area (Å²) in [5.74, 6) is 0. The van der Waals surface area contributed by atoms with Gasteiger partial charge in [0.25, 0.3) is 0 Å². The van der Waals surface area contributed by atoms with E-state index in [2.05, 4.69) is 60.6 Å². The van der Waals surface area contributed by atoms with E-state index in [-0.39, 0.29) is 0 Å². The van der Waals surface area contributed by atoms with Crippen molar-refractivity contribution in [3.8, 4) is 0 Å². The molecule has 0 unspecified atom stereocenters. The molecule has 1 aromatic heterocycles. The van der Waals surface area contributed by atoms with Crippen LogP contribution in [0.4, 0.5) is 0 Å². The van der Waals surface area contributed by atoms with Gasteiger partial charge in [-0.1, -0.05) is 29.8 Å². The second kappa shape index (κ2) is 6.85. The third-order valence-corrected chi connectivity index (χ3v) is 4.10. The molecule has 19 heavy (non-hydrogen) atoms. The van der Waals surface area contributed by atoms with Crippen molar-refractivity contribution in [2.45, 2.75) is 26.6 Å². The molecule has 0 aliphatic carbocycles. The number of rotatable bonds is 6. The maximum Gasteiger partial charge on any atom is 0.0328 e. The minimum Gasteiger partial charge on any atom is -0.315 e. The molecule has 2 nitrogen and oxygen atoms in total. The molecule has 1 heterocycles. The summed E-state index contributed by atoms with van der Waals surface area (Å²) >= 11 is 1.90. The first-order valence-corrected chi connectivity index (χ1v) is 7.45. The highest BCUT2D eigenvalue weighted by molar-refractivity contribution is 7.11. The zero-order chi connectivity index (χ0) is 13.7. The molecule has 102 valence electrons. The van der Waals surface area contributed by atoms with Crippen LogP contribution in [0.15, 0.2) is 36.4 Å². The molecule has 0 aliphatic rings. The van der Waals surface area contributed by atoms with Gasteiger partial charge in [-0.05, 0) is 38.7 Å². The van der Waals surface area contributed by atoms with Gasteiger partial charge < -0.3 is 5.32 Å². The SMILES string of the molecule is CNCc1ccc(CN(C)Cc2cccc(C)c2)s1. The van der Waals surface area contributed by atoms with Crippen LogP contribution in [-0.4, -0.2) is 19.0 Å². The van der Waals surface area contributed by atoms with E-state index in [4.69, 9.17) is 0 Å². The van der Waals surface area contributed by atoms with E-state index in [1.165, 1.54) is 20.9 Å². The van der Waals surface area contributed by atoms with Crippen molar-refractivity contribution in [3.05, 3.63) is 57.3 Å². The molecule has 0 bridgehead atoms. The van der Waals surface area contributed by atoms with E-state index in [9.17, 15) is 0 Å². The van der Waals surface area contributed by atoms with Crippen LogP contribution in [0.1, 0.15) is 20.9 Å². The molecule has 0 fully saturated rings. The molecule has 1 aromatic carbocycles. The molecule has 3 heteroatoms. The van der Waals surface area contributed by atoms with Crippen LogP contribution in [-0.2, 0) is 19.6 Å². The zero-order valence-corrected chi connectivity index (χ0v) is 12.8. The first kappa shape index (κ1) is 14.3. The van der Waals surface area contributed by atoms with Gasteiger partial charge in [-0.2, -0.15) is 0 Å². The molecule has 0 aliphatic heterocycles. The van der Waals surface area contributed by atoms with Gasteiger partial charge in [0, 0.05) is 29.4 Å². The molecule has 2 aromatic rings. The first-order chi connectivity index (χ1) is 9.17. The summed E-state index contributed by atoms with van der Waals surface area (Å²) < 4.78 is 0. The van der Waals surface area contributed by atoms with Crippen LogP contribution < -0.4 is 5.32 Å². The summed E-state index contributed by atoms with van der Waals surface area (Å²) in [7, 11) is 4.17. The number of benzene rings is 1. The summed E-state index contributed by atoms with van der Waals surface area (Å²) in [6.45, 7) is 5.13. The second-order valence-corrected chi connectivity index (χ2v) is 6.31. The average Bonchev–Trinajstić information content (AvgIpc) is 2.77. The van der Waals surface area contributed by atoms with Crippen molar-refractivity contribution in [1.29, 1.82) is 0 Å². The van der Waals surface area contributed by atoms with E-state index in [1.54, 1.807) is 0 Å². The van der Waals surface area contributed by atoms with Crippen molar-refractivity contribution in [3.63, 3.8) is 0 Å². The lowest BCUT2D eigenvalue weighted by Crippen LogP contribution is -2.16. The second-order valence-electron chi connectivity index (χ2n) is 5.06. The Morgan fingerprint density at radius 2 is 1.89 bits per heavy atom. The van der Waals surface area contributed by atoms with E-state index >= 15 is 0 Å². The maximum atomic E-state index is 3.19. The van der Waals surface area contributed by atoms with E-state index in [1.807, 2.05) is 18.4 Å². The summed E-state index contributed by atoms with van der Waals surface area (Å²) in [6, 6.07) is 13.2. The van der Waals surface area contributed by atoms with Crippen LogP contribution >= 0.6 is 11.3 Å². The number of hydrogen-bond donors (Lipinski definition) is 1. The van der Waals surface area contributed by atoms with Crippen LogP contribution in [0.25, 0.3) is 0 Å². The predicted octanol–water partition coefficient (Wildman–Crippen LogP) is 3.41. The molecule has 0 amide bonds. The van der Waals surface area contributed by atoms with Gasteiger partial charge in [0.2, 0.25) is 0 Å². The smallest absolute Gasteiger partial charge is 0.0328 e. The molecule has 0 saturated heterocycles. The Kier molecular flexibility index (Phi) is 5.14. The Hall–Kier alpha value is -1.16. The normalized spacial score (nSPS) is 11.2. The van der Waals surface area contributed by atoms with Gasteiger partial charge in [0.05, 0.1) is 0 Å². The Morgan fingerprint density at radius 1 is 1.11 bits per heavy atom. The minimum absolute atomic E-state index is 0.965. The predicted molar refractivity (Wildman–Crippen MR) is 83.4 cm³/mol. The molecule has 0 spiro atoms. The third kappa shape index (κ3) is 4.46. The van der Waals surface area contributed by atoms with Crippen molar-refractivity contribution in [1.82, 2.24) is 10.2 Å². The Morgan fingerprint density at radius 3 is 2.63 bits per heavy atom. The molecule has 0 radical (unpaired) electrons. The molecular formula is C16H22N2S. The van der Waals surface area contributed by atoms with Gasteiger partial charge >= 0.3 is 0 Å². The Balaban J connectivity index is 1.91. The van der Waals surface area contributed by atoms with Crippen molar-refractivity contribution in [2.24, 2.45) is 0 Å². The highest BCUT2D eigenvalue weighted by Crippen LogP contribution is 2.18. The molecule has 0 saturated carbocycles. The van der Waals surface area contributed by atoms with Crippen molar-refractivity contribution < 1.29 is 0 Å². The standard InChI is InChI=1S/C16H22N2S/c1-13-5-4-6-14(9-13)11-18(3)12-16-8-7-15(19-16)10-17-2/h4-9,17H,10-12H2,1-3H3. The fourth-order valence-electron chi connectivity index (χ4n) is 2.22. The average molecular weight is 274 g/mol. The number of nitrogens with one attached hydrogen (secondary N) is 1. The fraction of sp³-hybridized carbons (Fsp3) is 0.375. The lowest BCUT2D eigenvalue weighted by Gasteiger charge is -2.16. The number of nitrogens with zero attached hydrogens (tertiary/aromatic N) is 1. The highest BCUT2D eigenvalue weighted by atomic mass is 32.1. The minimum atomic E-state index is 0.965. The summed E-state index contributed by atoms with van der Waals surface area (Å²) in [6.07, 6.45) is 0. The highest BCUT2D eigenvalue weighted by Gasteiger charge is 2.05. The quantitative estimate of drug-likeness (QED) is 0.868. The van der Waals surface area contributed by atoms with E-state index < -0.39 is 0 Å². The molecular weight excluding hydrogens is 252 g/mol. The number of aryl methyl sites for hydroxylation is 1. The van der Waals surface area contributed by atoms with Crippen LogP contribution in [0, 0.1) is 6.92 Å². The van der Waals surface area contributed by atoms with Gasteiger partial charge in [-0.25, -0.2) is 0 Å². The Bertz CT molecular complexity index is 519. The molecule has 2 rings (SSSR count). The lowest BCUT2D eigenvalue weighted by molar-refractivity contribution is 0.322. The summed E-state index contributed by atoms with van der Waals surface area (Å²) in [5.41, 5.74) is 2.72. The zero-order valence-electron chi connectivity index (χ0n) is 11.9. The van der Waals surface area contributed by atoms with Gasteiger partial charge in [0.1, 0.15) is 0 Å². The fourth-order valence-corrected chi connectivity index (χ4v) is 3.33. The molecule has 1 N–H and O–H groups in total. The van der Waals surface area contributed by atoms with Crippen LogP contribution in [0.3, 0.4) is 0 Å². The number of thiophene rings is 1. The van der Waals surface area contributed by atoms with Gasteiger partial charge in [-0.3, -0.25) is 4.90 Å². The Labute approximate surface area is 120 Å². The van der Waals surface area contributed by atoms with Crippen molar-refractivity contribution in [2.75, 3.05) is 14.1 Å². The third-order valence-electron chi connectivity index (χ3n) is 3.03. The van der Waals surface area contributed by atoms with Gasteiger partial charge in [-0.15, -0.1) is 11.3 Å². The summed E-state index contributed by atoms with van der Waals surface area (Å²) in [5, 5.41) is 3.19. The van der Waals surface area contributed by atoms with Crippen LogP contribution in [0.2, 0.25) is 0 Å². The monoisotopic (exact) mass is 274 g/mol.